The molecule has 2 rings (SSSR count). The maximum atomic E-state index is 11.5. The molecule has 96 valence electrons. The highest BCUT2D eigenvalue weighted by Gasteiger charge is 2.28. The second-order valence-electron chi connectivity index (χ2n) is 3.90. The van der Waals surface area contributed by atoms with E-state index in [1.165, 1.54) is 6.33 Å². The number of hydrogen-bond donors (Lipinski definition) is 2. The van der Waals surface area contributed by atoms with E-state index < -0.39 is 0 Å². The number of H-pyrrole nitrogens is 1. The molecule has 0 radical (unpaired) electrons. The molecule has 3 amide bonds. The van der Waals surface area contributed by atoms with Gasteiger partial charge in [-0.15, -0.1) is 0 Å². The molecule has 8 heteroatoms. The zero-order valence-electron chi connectivity index (χ0n) is 9.68. The van der Waals surface area contributed by atoms with Gasteiger partial charge in [-0.25, -0.2) is 4.98 Å². The molecule has 1 aromatic heterocycles. The normalized spacial score (nSPS) is 15.2. The molecular weight excluding hydrogens is 238 g/mol. The summed E-state index contributed by atoms with van der Waals surface area (Å²) in [4.78, 5) is 39.1. The second-order valence-corrected chi connectivity index (χ2v) is 3.90. The molecule has 1 saturated heterocycles. The lowest BCUT2D eigenvalue weighted by molar-refractivity contribution is -0.138. The van der Waals surface area contributed by atoms with Crippen LogP contribution in [0.4, 0.5) is 0 Å². The quantitative estimate of drug-likeness (QED) is 0.650. The van der Waals surface area contributed by atoms with E-state index in [1.807, 2.05) is 0 Å². The molecule has 1 aromatic rings. The van der Waals surface area contributed by atoms with Gasteiger partial charge < -0.3 is 5.32 Å². The molecule has 18 heavy (non-hydrogen) atoms. The zero-order valence-corrected chi connectivity index (χ0v) is 9.68. The molecule has 1 fully saturated rings. The number of carbonyl (C=O) groups excluding carboxylic acids is 3. The minimum Gasteiger partial charge on any atom is -0.349 e. The van der Waals surface area contributed by atoms with Crippen LogP contribution >= 0.6 is 0 Å². The first-order chi connectivity index (χ1) is 8.66. The van der Waals surface area contributed by atoms with Gasteiger partial charge in [0.05, 0.1) is 6.54 Å². The molecule has 2 N–H and O–H groups in total. The van der Waals surface area contributed by atoms with Crippen molar-refractivity contribution < 1.29 is 14.4 Å². The molecular formula is C10H13N5O3. The molecule has 0 spiro atoms. The highest BCUT2D eigenvalue weighted by molar-refractivity contribution is 6.02. The predicted octanol–water partition coefficient (Wildman–Crippen LogP) is -1.04. The molecule has 0 aliphatic carbocycles. The van der Waals surface area contributed by atoms with Crippen LogP contribution in [0, 0.1) is 0 Å². The van der Waals surface area contributed by atoms with Gasteiger partial charge in [0.1, 0.15) is 12.2 Å². The Morgan fingerprint density at radius 3 is 2.72 bits per heavy atom. The Morgan fingerprint density at radius 1 is 1.39 bits per heavy atom. The third-order valence-corrected chi connectivity index (χ3v) is 2.64. The van der Waals surface area contributed by atoms with Crippen molar-refractivity contribution in [2.45, 2.75) is 25.8 Å². The van der Waals surface area contributed by atoms with E-state index in [0.29, 0.717) is 5.82 Å². The summed E-state index contributed by atoms with van der Waals surface area (Å²) in [5, 5.41) is 8.87. The van der Waals surface area contributed by atoms with Crippen molar-refractivity contribution >= 4 is 17.7 Å². The van der Waals surface area contributed by atoms with Crippen LogP contribution in [0.1, 0.15) is 25.1 Å². The van der Waals surface area contributed by atoms with Crippen molar-refractivity contribution in [1.82, 2.24) is 25.4 Å². The van der Waals surface area contributed by atoms with Crippen LogP contribution in [-0.4, -0.2) is 44.3 Å². The summed E-state index contributed by atoms with van der Waals surface area (Å²) < 4.78 is 0. The first-order valence-corrected chi connectivity index (χ1v) is 5.61. The Labute approximate surface area is 103 Å². The van der Waals surface area contributed by atoms with Crippen molar-refractivity contribution in [2.75, 3.05) is 6.54 Å². The van der Waals surface area contributed by atoms with Crippen LogP contribution in [-0.2, 0) is 20.9 Å². The van der Waals surface area contributed by atoms with E-state index >= 15 is 0 Å². The van der Waals surface area contributed by atoms with E-state index in [1.54, 1.807) is 0 Å². The van der Waals surface area contributed by atoms with Crippen molar-refractivity contribution in [3.63, 3.8) is 0 Å². The highest BCUT2D eigenvalue weighted by Crippen LogP contribution is 2.11. The lowest BCUT2D eigenvalue weighted by Crippen LogP contribution is -2.34. The van der Waals surface area contributed by atoms with Gasteiger partial charge in [-0.3, -0.25) is 24.4 Å². The van der Waals surface area contributed by atoms with E-state index in [2.05, 4.69) is 20.5 Å². The number of likely N-dealkylation sites (tertiary alicyclic amines) is 1. The zero-order chi connectivity index (χ0) is 13.0. The smallest absolute Gasteiger partial charge is 0.229 e. The highest BCUT2D eigenvalue weighted by atomic mass is 16.2. The predicted molar refractivity (Wildman–Crippen MR) is 58.8 cm³/mol. The Kier molecular flexibility index (Phi) is 3.66. The molecule has 0 unspecified atom stereocenters. The van der Waals surface area contributed by atoms with E-state index in [4.69, 9.17) is 0 Å². The fraction of sp³-hybridized carbons (Fsp3) is 0.500. The summed E-state index contributed by atoms with van der Waals surface area (Å²) in [6, 6.07) is 0. The maximum Gasteiger partial charge on any atom is 0.229 e. The number of carbonyl (C=O) groups is 3. The Balaban J connectivity index is 1.71. The van der Waals surface area contributed by atoms with E-state index in [0.717, 1.165) is 4.90 Å². The average Bonchev–Trinajstić information content (AvgIpc) is 2.96. The van der Waals surface area contributed by atoms with Crippen molar-refractivity contribution in [3.05, 3.63) is 12.2 Å². The lowest BCUT2D eigenvalue weighted by Gasteiger charge is -2.12. The molecule has 2 heterocycles. The Bertz CT molecular complexity index is 440. The van der Waals surface area contributed by atoms with E-state index in [-0.39, 0.29) is 50.1 Å². The van der Waals surface area contributed by atoms with Crippen molar-refractivity contribution in [3.8, 4) is 0 Å². The molecule has 1 aliphatic rings. The minimum absolute atomic E-state index is 0.103. The number of amides is 3. The minimum atomic E-state index is -0.237. The van der Waals surface area contributed by atoms with Crippen LogP contribution in [0.15, 0.2) is 6.33 Å². The van der Waals surface area contributed by atoms with Crippen LogP contribution in [0.25, 0.3) is 0 Å². The van der Waals surface area contributed by atoms with Gasteiger partial charge in [0.15, 0.2) is 0 Å². The van der Waals surface area contributed by atoms with Crippen molar-refractivity contribution in [1.29, 1.82) is 0 Å². The summed E-state index contributed by atoms with van der Waals surface area (Å²) in [6.07, 6.45) is 1.95. The number of rotatable bonds is 5. The van der Waals surface area contributed by atoms with Crippen LogP contribution < -0.4 is 5.32 Å². The molecule has 0 atom stereocenters. The number of hydrogen-bond acceptors (Lipinski definition) is 5. The summed E-state index contributed by atoms with van der Waals surface area (Å²) >= 11 is 0. The lowest BCUT2D eigenvalue weighted by atomic mass is 10.3. The van der Waals surface area contributed by atoms with Gasteiger partial charge in [0.2, 0.25) is 17.7 Å². The van der Waals surface area contributed by atoms with Gasteiger partial charge in [0, 0.05) is 25.8 Å². The second kappa shape index (κ2) is 5.39. The summed E-state index contributed by atoms with van der Waals surface area (Å²) in [5.74, 6) is -0.0957. The number of aromatic amines is 1. The van der Waals surface area contributed by atoms with Crippen LogP contribution in [0.2, 0.25) is 0 Å². The monoisotopic (exact) mass is 251 g/mol. The summed E-state index contributed by atoms with van der Waals surface area (Å²) in [7, 11) is 0. The van der Waals surface area contributed by atoms with Gasteiger partial charge in [-0.05, 0) is 0 Å². The molecule has 8 nitrogen and oxygen atoms in total. The molecule has 0 bridgehead atoms. The number of imide groups is 1. The Morgan fingerprint density at radius 2 is 2.11 bits per heavy atom. The van der Waals surface area contributed by atoms with Crippen molar-refractivity contribution in [2.24, 2.45) is 0 Å². The summed E-state index contributed by atoms with van der Waals surface area (Å²) in [6.45, 7) is 0.390. The first-order valence-electron chi connectivity index (χ1n) is 5.61. The van der Waals surface area contributed by atoms with Gasteiger partial charge in [0.25, 0.3) is 0 Å². The average molecular weight is 251 g/mol. The van der Waals surface area contributed by atoms with E-state index in [9.17, 15) is 14.4 Å². The third kappa shape index (κ3) is 2.90. The first kappa shape index (κ1) is 12.2. The molecule has 0 saturated carbocycles. The van der Waals surface area contributed by atoms with Gasteiger partial charge in [-0.2, -0.15) is 5.10 Å². The van der Waals surface area contributed by atoms with Crippen LogP contribution in [0.5, 0.6) is 0 Å². The fourth-order valence-electron chi connectivity index (χ4n) is 1.67. The van der Waals surface area contributed by atoms with Gasteiger partial charge >= 0.3 is 0 Å². The number of nitrogens with zero attached hydrogens (tertiary/aromatic N) is 3. The maximum absolute atomic E-state index is 11.5. The number of aromatic nitrogens is 3. The standard InChI is InChI=1S/C10H13N5O3/c16-8(11-5-7-12-6-13-14-7)3-4-15-9(17)1-2-10(15)18/h6H,1-5H2,(H,11,16)(H,12,13,14). The molecule has 0 aromatic carbocycles. The Hall–Kier alpha value is -2.25. The fourth-order valence-corrected chi connectivity index (χ4v) is 1.67. The SMILES string of the molecule is O=C(CCN1C(=O)CCC1=O)NCc1ncn[nH]1. The summed E-state index contributed by atoms with van der Waals surface area (Å²) in [5.41, 5.74) is 0. The number of nitrogens with one attached hydrogen (secondary N) is 2. The topological polar surface area (TPSA) is 108 Å². The van der Waals surface area contributed by atoms with Gasteiger partial charge in [-0.1, -0.05) is 0 Å². The largest absolute Gasteiger partial charge is 0.349 e. The van der Waals surface area contributed by atoms with Crippen LogP contribution in [0.3, 0.4) is 0 Å². The third-order valence-electron chi connectivity index (χ3n) is 2.64. The molecule has 1 aliphatic heterocycles.